The van der Waals surface area contributed by atoms with E-state index in [1.807, 2.05) is 6.92 Å². The van der Waals surface area contributed by atoms with Gasteiger partial charge in [-0.25, -0.2) is 0 Å². The molecule has 0 aromatic carbocycles. The molecule has 0 aromatic heterocycles. The molecule has 0 saturated carbocycles. The van der Waals surface area contributed by atoms with E-state index < -0.39 is 5.54 Å². The van der Waals surface area contributed by atoms with Gasteiger partial charge >= 0.3 is 0 Å². The molecule has 1 heterocycles. The third-order valence-electron chi connectivity index (χ3n) is 1.94. The lowest BCUT2D eigenvalue weighted by molar-refractivity contribution is -0.122. The Kier molecular flexibility index (Phi) is 2.19. The molecule has 0 radical (unpaired) electrons. The molecule has 1 N–H and O–H groups in total. The van der Waals surface area contributed by atoms with Gasteiger partial charge in [0.25, 0.3) is 5.91 Å². The van der Waals surface area contributed by atoms with Crippen LogP contribution in [0.15, 0.2) is 4.99 Å². The summed E-state index contributed by atoms with van der Waals surface area (Å²) in [6.07, 6.45) is -0.143. The van der Waals surface area contributed by atoms with E-state index in [4.69, 9.17) is 4.74 Å². The summed E-state index contributed by atoms with van der Waals surface area (Å²) in [6, 6.07) is 0. The summed E-state index contributed by atoms with van der Waals surface area (Å²) < 4.78 is 5.03. The predicted molar refractivity (Wildman–Crippen MR) is 46.1 cm³/mol. The third-order valence-corrected chi connectivity index (χ3v) is 1.94. The van der Waals surface area contributed by atoms with Gasteiger partial charge in [0.1, 0.15) is 17.5 Å². The fraction of sp³-hybridized carbons (Fsp3) is 0.750. The lowest BCUT2D eigenvalue weighted by Crippen LogP contribution is -2.37. The molecule has 1 atom stereocenters. The molecular weight excluding hydrogens is 156 g/mol. The molecule has 0 spiro atoms. The molecule has 1 amide bonds. The van der Waals surface area contributed by atoms with Crippen molar-refractivity contribution in [3.8, 4) is 0 Å². The molecule has 0 saturated heterocycles. The van der Waals surface area contributed by atoms with Crippen LogP contribution in [0, 0.1) is 0 Å². The number of aliphatic imine (C=N–C) groups is 1. The third kappa shape index (κ3) is 1.48. The quantitative estimate of drug-likeness (QED) is 0.649. The Balaban J connectivity index is 2.79. The van der Waals surface area contributed by atoms with Crippen molar-refractivity contribution in [3.05, 3.63) is 0 Å². The zero-order chi connectivity index (χ0) is 9.35. The maximum Gasteiger partial charge on any atom is 0.252 e. The van der Waals surface area contributed by atoms with Crippen LogP contribution in [-0.2, 0) is 9.53 Å². The number of amidine groups is 1. The molecule has 0 bridgehead atoms. The highest BCUT2D eigenvalue weighted by atomic mass is 16.5. The van der Waals surface area contributed by atoms with Gasteiger partial charge in [-0.3, -0.25) is 9.79 Å². The number of amides is 1. The van der Waals surface area contributed by atoms with Crippen LogP contribution in [0.1, 0.15) is 20.8 Å². The van der Waals surface area contributed by atoms with E-state index in [2.05, 4.69) is 10.3 Å². The highest BCUT2D eigenvalue weighted by Crippen LogP contribution is 2.15. The van der Waals surface area contributed by atoms with Gasteiger partial charge in [0.05, 0.1) is 0 Å². The van der Waals surface area contributed by atoms with Crippen LogP contribution in [0.25, 0.3) is 0 Å². The summed E-state index contributed by atoms with van der Waals surface area (Å²) in [6.45, 7) is 5.40. The Bertz CT molecular complexity index is 233. The molecule has 4 heteroatoms. The zero-order valence-corrected chi connectivity index (χ0v) is 7.84. The fourth-order valence-corrected chi connectivity index (χ4v) is 0.953. The van der Waals surface area contributed by atoms with Crippen LogP contribution in [-0.4, -0.2) is 30.5 Å². The van der Waals surface area contributed by atoms with Crippen LogP contribution in [0.5, 0.6) is 0 Å². The normalized spacial score (nSPS) is 23.3. The molecule has 0 fully saturated rings. The first-order chi connectivity index (χ1) is 5.47. The predicted octanol–water partition coefficient (Wildman–Crippen LogP) is 0.328. The van der Waals surface area contributed by atoms with E-state index in [1.165, 1.54) is 0 Å². The minimum atomic E-state index is -0.637. The van der Waals surface area contributed by atoms with Crippen LogP contribution >= 0.6 is 0 Å². The summed E-state index contributed by atoms with van der Waals surface area (Å²) in [4.78, 5) is 15.4. The van der Waals surface area contributed by atoms with E-state index in [1.54, 1.807) is 21.0 Å². The first kappa shape index (κ1) is 9.19. The maximum absolute atomic E-state index is 11.2. The Morgan fingerprint density at radius 2 is 2.17 bits per heavy atom. The average molecular weight is 170 g/mol. The van der Waals surface area contributed by atoms with Crippen molar-refractivity contribution < 1.29 is 9.53 Å². The molecule has 4 nitrogen and oxygen atoms in total. The standard InChI is InChI=1S/C8H14N2O2/c1-5(12-4)6-9-7(11)8(2,3)10-6/h5H,1-4H3,(H,9,10,11). The minimum absolute atomic E-state index is 0.0681. The molecule has 1 aliphatic rings. The second kappa shape index (κ2) is 2.86. The Hall–Kier alpha value is -0.900. The number of rotatable bonds is 2. The number of carbonyl (C=O) groups excluding carboxylic acids is 1. The van der Waals surface area contributed by atoms with E-state index in [-0.39, 0.29) is 12.0 Å². The maximum atomic E-state index is 11.2. The number of hydrogen-bond acceptors (Lipinski definition) is 3. The molecule has 68 valence electrons. The van der Waals surface area contributed by atoms with Gasteiger partial charge in [-0.05, 0) is 20.8 Å². The molecule has 12 heavy (non-hydrogen) atoms. The molecule has 1 rings (SSSR count). The molecule has 1 unspecified atom stereocenters. The van der Waals surface area contributed by atoms with E-state index in [9.17, 15) is 4.79 Å². The summed E-state index contributed by atoms with van der Waals surface area (Å²) in [5.41, 5.74) is -0.637. The monoisotopic (exact) mass is 170 g/mol. The highest BCUT2D eigenvalue weighted by molar-refractivity contribution is 6.09. The van der Waals surface area contributed by atoms with Gasteiger partial charge in [0.2, 0.25) is 0 Å². The number of nitrogens with one attached hydrogen (secondary N) is 1. The Morgan fingerprint density at radius 1 is 1.58 bits per heavy atom. The van der Waals surface area contributed by atoms with Crippen LogP contribution in [0.2, 0.25) is 0 Å². The van der Waals surface area contributed by atoms with Gasteiger partial charge in [-0.2, -0.15) is 0 Å². The first-order valence-corrected chi connectivity index (χ1v) is 3.91. The molecule has 0 aromatic rings. The summed E-state index contributed by atoms with van der Waals surface area (Å²) in [5, 5.41) is 2.68. The lowest BCUT2D eigenvalue weighted by Gasteiger charge is -2.07. The van der Waals surface area contributed by atoms with Gasteiger partial charge in [0, 0.05) is 7.11 Å². The van der Waals surface area contributed by atoms with Crippen molar-refractivity contribution in [1.29, 1.82) is 0 Å². The number of carbonyl (C=O) groups is 1. The number of methoxy groups -OCH3 is 1. The van der Waals surface area contributed by atoms with Crippen LogP contribution in [0.4, 0.5) is 0 Å². The highest BCUT2D eigenvalue weighted by Gasteiger charge is 2.35. The van der Waals surface area contributed by atoms with Crippen molar-refractivity contribution >= 4 is 11.7 Å². The van der Waals surface area contributed by atoms with Gasteiger partial charge in [0.15, 0.2) is 0 Å². The van der Waals surface area contributed by atoms with Crippen molar-refractivity contribution in [2.45, 2.75) is 32.4 Å². The summed E-state index contributed by atoms with van der Waals surface area (Å²) >= 11 is 0. The summed E-state index contributed by atoms with van der Waals surface area (Å²) in [5.74, 6) is 0.550. The number of hydrogen-bond donors (Lipinski definition) is 1. The fourth-order valence-electron chi connectivity index (χ4n) is 0.953. The van der Waals surface area contributed by atoms with Crippen LogP contribution in [0.3, 0.4) is 0 Å². The van der Waals surface area contributed by atoms with Crippen molar-refractivity contribution in [2.75, 3.05) is 7.11 Å². The smallest absolute Gasteiger partial charge is 0.252 e. The molecule has 0 aliphatic carbocycles. The number of ether oxygens (including phenoxy) is 1. The summed E-state index contributed by atoms with van der Waals surface area (Å²) in [7, 11) is 1.59. The zero-order valence-electron chi connectivity index (χ0n) is 7.84. The Labute approximate surface area is 72.0 Å². The van der Waals surface area contributed by atoms with E-state index in [0.717, 1.165) is 0 Å². The second-order valence-electron chi connectivity index (χ2n) is 3.39. The van der Waals surface area contributed by atoms with Gasteiger partial charge in [-0.1, -0.05) is 0 Å². The van der Waals surface area contributed by atoms with Crippen molar-refractivity contribution in [1.82, 2.24) is 5.32 Å². The second-order valence-corrected chi connectivity index (χ2v) is 3.39. The van der Waals surface area contributed by atoms with Gasteiger partial charge in [-0.15, -0.1) is 0 Å². The van der Waals surface area contributed by atoms with Crippen LogP contribution < -0.4 is 5.32 Å². The topological polar surface area (TPSA) is 50.7 Å². The first-order valence-electron chi connectivity index (χ1n) is 3.91. The molecule has 1 aliphatic heterocycles. The molecular formula is C8H14N2O2. The van der Waals surface area contributed by atoms with Gasteiger partial charge < -0.3 is 10.1 Å². The van der Waals surface area contributed by atoms with E-state index in [0.29, 0.717) is 5.84 Å². The Morgan fingerprint density at radius 3 is 2.50 bits per heavy atom. The SMILES string of the molecule is COC(C)C1=NC(C)(C)C(=O)N1. The van der Waals surface area contributed by atoms with Crippen molar-refractivity contribution in [3.63, 3.8) is 0 Å². The van der Waals surface area contributed by atoms with E-state index >= 15 is 0 Å². The van der Waals surface area contributed by atoms with Crippen molar-refractivity contribution in [2.24, 2.45) is 4.99 Å². The average Bonchev–Trinajstić information content (AvgIpc) is 2.25. The largest absolute Gasteiger partial charge is 0.374 e. The lowest BCUT2D eigenvalue weighted by atomic mass is 10.1. The minimum Gasteiger partial charge on any atom is -0.374 e. The number of nitrogens with zero attached hydrogens (tertiary/aromatic N) is 1.